The number of fused-ring (bicyclic) bond motifs is 1. The third-order valence-corrected chi connectivity index (χ3v) is 4.31. The second-order valence-electron chi connectivity index (χ2n) is 4.96. The Kier molecular flexibility index (Phi) is 4.79. The van der Waals surface area contributed by atoms with E-state index in [9.17, 15) is 4.79 Å². The van der Waals surface area contributed by atoms with Crippen LogP contribution < -0.4 is 10.1 Å². The third-order valence-electron chi connectivity index (χ3n) is 3.14. The Morgan fingerprint density at radius 2 is 2.17 bits per heavy atom. The maximum absolute atomic E-state index is 12.4. The van der Waals surface area contributed by atoms with Crippen LogP contribution in [0.3, 0.4) is 0 Å². The largest absolute Gasteiger partial charge is 0.494 e. The monoisotopic (exact) mass is 346 g/mol. The molecule has 3 rings (SSSR count). The molecule has 1 amide bonds. The highest BCUT2D eigenvalue weighted by atomic mass is 35.5. The molecule has 3 aromatic rings. The van der Waals surface area contributed by atoms with Gasteiger partial charge in [0.2, 0.25) is 0 Å². The van der Waals surface area contributed by atoms with Crippen LogP contribution in [0, 0.1) is 0 Å². The number of halogens is 1. The van der Waals surface area contributed by atoms with E-state index >= 15 is 0 Å². The molecule has 0 saturated carbocycles. The summed E-state index contributed by atoms with van der Waals surface area (Å²) in [5, 5.41) is 4.02. The highest BCUT2D eigenvalue weighted by molar-refractivity contribution is 7.22. The normalized spacial score (nSPS) is 10.7. The van der Waals surface area contributed by atoms with Gasteiger partial charge in [0.25, 0.3) is 5.91 Å². The SMILES string of the molecule is CCCOc1cccc(C(=O)Nc2nc3ccc(Cl)cc3s2)c1. The Labute approximate surface area is 143 Å². The topological polar surface area (TPSA) is 51.2 Å². The van der Waals surface area contributed by atoms with Crippen molar-refractivity contribution >= 4 is 44.2 Å². The predicted molar refractivity (Wildman–Crippen MR) is 94.8 cm³/mol. The number of hydrogen-bond donors (Lipinski definition) is 1. The fourth-order valence-electron chi connectivity index (χ4n) is 2.07. The van der Waals surface area contributed by atoms with E-state index in [-0.39, 0.29) is 5.91 Å². The number of hydrogen-bond acceptors (Lipinski definition) is 4. The smallest absolute Gasteiger partial charge is 0.257 e. The Bertz CT molecular complexity index is 847. The average molecular weight is 347 g/mol. The van der Waals surface area contributed by atoms with Gasteiger partial charge in [0.1, 0.15) is 5.75 Å². The second kappa shape index (κ2) is 6.98. The van der Waals surface area contributed by atoms with E-state index in [1.807, 2.05) is 25.1 Å². The molecule has 1 N–H and O–H groups in total. The molecule has 0 bridgehead atoms. The average Bonchev–Trinajstić information content (AvgIpc) is 2.94. The molecule has 0 fully saturated rings. The van der Waals surface area contributed by atoms with Crippen LogP contribution in [0.5, 0.6) is 5.75 Å². The summed E-state index contributed by atoms with van der Waals surface area (Å²) in [5.74, 6) is 0.479. The fraction of sp³-hybridized carbons (Fsp3) is 0.176. The number of benzene rings is 2. The van der Waals surface area contributed by atoms with Gasteiger partial charge in [-0.05, 0) is 42.8 Å². The number of carbonyl (C=O) groups excluding carboxylic acids is 1. The number of amides is 1. The van der Waals surface area contributed by atoms with Gasteiger partial charge < -0.3 is 4.74 Å². The van der Waals surface area contributed by atoms with Gasteiger partial charge in [-0.2, -0.15) is 0 Å². The van der Waals surface area contributed by atoms with Gasteiger partial charge in [-0.3, -0.25) is 10.1 Å². The molecule has 23 heavy (non-hydrogen) atoms. The minimum absolute atomic E-state index is 0.211. The fourth-order valence-corrected chi connectivity index (χ4v) is 3.21. The van der Waals surface area contributed by atoms with Crippen LogP contribution in [0.15, 0.2) is 42.5 Å². The van der Waals surface area contributed by atoms with Gasteiger partial charge in [-0.15, -0.1) is 0 Å². The van der Waals surface area contributed by atoms with E-state index in [0.717, 1.165) is 16.6 Å². The van der Waals surface area contributed by atoms with Crippen molar-refractivity contribution in [2.24, 2.45) is 0 Å². The zero-order chi connectivity index (χ0) is 16.2. The molecule has 0 radical (unpaired) electrons. The molecule has 0 aliphatic heterocycles. The van der Waals surface area contributed by atoms with Gasteiger partial charge >= 0.3 is 0 Å². The summed E-state index contributed by atoms with van der Waals surface area (Å²) >= 11 is 7.36. The van der Waals surface area contributed by atoms with Crippen LogP contribution in [0.25, 0.3) is 10.2 Å². The first kappa shape index (κ1) is 15.8. The zero-order valence-electron chi connectivity index (χ0n) is 12.5. The van der Waals surface area contributed by atoms with Crippen LogP contribution in [0.2, 0.25) is 5.02 Å². The van der Waals surface area contributed by atoms with Gasteiger partial charge in [-0.1, -0.05) is 35.9 Å². The highest BCUT2D eigenvalue weighted by Gasteiger charge is 2.11. The minimum Gasteiger partial charge on any atom is -0.494 e. The van der Waals surface area contributed by atoms with E-state index in [2.05, 4.69) is 10.3 Å². The lowest BCUT2D eigenvalue weighted by molar-refractivity contribution is 0.102. The number of ether oxygens (including phenoxy) is 1. The first-order valence-corrected chi connectivity index (χ1v) is 8.45. The van der Waals surface area contributed by atoms with Crippen molar-refractivity contribution in [3.05, 3.63) is 53.1 Å². The minimum atomic E-state index is -0.211. The van der Waals surface area contributed by atoms with Crippen LogP contribution >= 0.6 is 22.9 Å². The maximum atomic E-state index is 12.4. The molecule has 2 aromatic carbocycles. The summed E-state index contributed by atoms with van der Waals surface area (Å²) in [5.41, 5.74) is 1.35. The zero-order valence-corrected chi connectivity index (χ0v) is 14.1. The van der Waals surface area contributed by atoms with Crippen molar-refractivity contribution in [1.82, 2.24) is 4.98 Å². The first-order valence-electron chi connectivity index (χ1n) is 7.26. The highest BCUT2D eigenvalue weighted by Crippen LogP contribution is 2.28. The molecule has 4 nitrogen and oxygen atoms in total. The van der Waals surface area contributed by atoms with Gasteiger partial charge in [0, 0.05) is 10.6 Å². The summed E-state index contributed by atoms with van der Waals surface area (Å²) in [7, 11) is 0. The molecule has 0 unspecified atom stereocenters. The van der Waals surface area contributed by atoms with E-state index in [1.165, 1.54) is 11.3 Å². The van der Waals surface area contributed by atoms with Gasteiger partial charge in [-0.25, -0.2) is 4.98 Å². The number of carbonyl (C=O) groups is 1. The van der Waals surface area contributed by atoms with Crippen LogP contribution in [0.1, 0.15) is 23.7 Å². The van der Waals surface area contributed by atoms with Crippen molar-refractivity contribution < 1.29 is 9.53 Å². The number of thiazole rings is 1. The Morgan fingerprint density at radius 3 is 3.00 bits per heavy atom. The molecule has 0 spiro atoms. The Balaban J connectivity index is 1.77. The summed E-state index contributed by atoms with van der Waals surface area (Å²) < 4.78 is 6.49. The molecule has 6 heteroatoms. The maximum Gasteiger partial charge on any atom is 0.257 e. The second-order valence-corrected chi connectivity index (χ2v) is 6.43. The molecule has 0 aliphatic carbocycles. The van der Waals surface area contributed by atoms with E-state index in [4.69, 9.17) is 16.3 Å². The molecule has 1 aromatic heterocycles. The molecular weight excluding hydrogens is 332 g/mol. The van der Waals surface area contributed by atoms with Gasteiger partial charge in [0.15, 0.2) is 5.13 Å². The van der Waals surface area contributed by atoms with E-state index in [1.54, 1.807) is 24.3 Å². The first-order chi connectivity index (χ1) is 11.2. The standard InChI is InChI=1S/C17H15ClN2O2S/c1-2-8-22-13-5-3-4-11(9-13)16(21)20-17-19-14-7-6-12(18)10-15(14)23-17/h3-7,9-10H,2,8H2,1H3,(H,19,20,21). The van der Waals surface area contributed by atoms with E-state index < -0.39 is 0 Å². The van der Waals surface area contributed by atoms with Crippen molar-refractivity contribution in [2.75, 3.05) is 11.9 Å². The van der Waals surface area contributed by atoms with Gasteiger partial charge in [0.05, 0.1) is 16.8 Å². The number of nitrogens with one attached hydrogen (secondary N) is 1. The van der Waals surface area contributed by atoms with Crippen molar-refractivity contribution in [3.63, 3.8) is 0 Å². The van der Waals surface area contributed by atoms with Crippen molar-refractivity contribution in [3.8, 4) is 5.75 Å². The number of nitrogens with zero attached hydrogens (tertiary/aromatic N) is 1. The molecule has 0 aliphatic rings. The quantitative estimate of drug-likeness (QED) is 0.708. The number of aromatic nitrogens is 1. The summed E-state index contributed by atoms with van der Waals surface area (Å²) in [6.45, 7) is 2.67. The lowest BCUT2D eigenvalue weighted by Gasteiger charge is -2.06. The van der Waals surface area contributed by atoms with Crippen molar-refractivity contribution in [2.45, 2.75) is 13.3 Å². The van der Waals surface area contributed by atoms with E-state index in [0.29, 0.717) is 28.1 Å². The lowest BCUT2D eigenvalue weighted by atomic mass is 10.2. The lowest BCUT2D eigenvalue weighted by Crippen LogP contribution is -2.11. The predicted octanol–water partition coefficient (Wildman–Crippen LogP) is 4.99. The van der Waals surface area contributed by atoms with Crippen LogP contribution in [0.4, 0.5) is 5.13 Å². The summed E-state index contributed by atoms with van der Waals surface area (Å²) in [4.78, 5) is 16.7. The molecule has 0 saturated heterocycles. The summed E-state index contributed by atoms with van der Waals surface area (Å²) in [6.07, 6.45) is 0.921. The Morgan fingerprint density at radius 1 is 1.30 bits per heavy atom. The number of anilines is 1. The number of rotatable bonds is 5. The van der Waals surface area contributed by atoms with Crippen LogP contribution in [-0.4, -0.2) is 17.5 Å². The summed E-state index contributed by atoms with van der Waals surface area (Å²) in [6, 6.07) is 12.6. The van der Waals surface area contributed by atoms with Crippen molar-refractivity contribution in [1.29, 1.82) is 0 Å². The third kappa shape index (κ3) is 3.81. The molecule has 0 atom stereocenters. The molecular formula is C17H15ClN2O2S. The Hall–Kier alpha value is -2.11. The van der Waals surface area contributed by atoms with Crippen LogP contribution in [-0.2, 0) is 0 Å². The molecule has 118 valence electrons. The molecule has 1 heterocycles.